The fourth-order valence-corrected chi connectivity index (χ4v) is 4.09. The van der Waals surface area contributed by atoms with Gasteiger partial charge in [-0.3, -0.25) is 4.90 Å². The number of rotatable bonds is 8. The minimum Gasteiger partial charge on any atom is -0.364 e. The van der Waals surface area contributed by atoms with Crippen molar-refractivity contribution in [1.82, 2.24) is 15.5 Å². The first-order chi connectivity index (χ1) is 14.9. The monoisotopic (exact) mass is 437 g/mol. The molecule has 2 heterocycles. The van der Waals surface area contributed by atoms with Crippen LogP contribution >= 0.6 is 0 Å². The van der Waals surface area contributed by atoms with Gasteiger partial charge in [-0.2, -0.15) is 13.2 Å². The zero-order chi connectivity index (χ0) is 22.1. The Hall–Kier alpha value is -2.22. The Bertz CT molecular complexity index is 714. The van der Waals surface area contributed by atoms with Crippen LogP contribution in [0, 0.1) is 5.92 Å². The van der Waals surface area contributed by atoms with Crippen molar-refractivity contribution in [1.29, 1.82) is 0 Å². The van der Waals surface area contributed by atoms with Crippen LogP contribution < -0.4 is 15.5 Å². The molecule has 2 aliphatic heterocycles. The Morgan fingerprint density at radius 1 is 1.06 bits per heavy atom. The number of nitrogens with one attached hydrogen (secondary N) is 2. The highest BCUT2D eigenvalue weighted by Gasteiger charge is 2.32. The molecule has 0 radical (unpaired) electrons. The number of hydrogen-bond donors (Lipinski definition) is 2. The van der Waals surface area contributed by atoms with E-state index in [9.17, 15) is 13.2 Å². The molecule has 1 saturated heterocycles. The van der Waals surface area contributed by atoms with Crippen molar-refractivity contribution < 1.29 is 13.2 Å². The lowest BCUT2D eigenvalue weighted by Gasteiger charge is -2.32. The van der Waals surface area contributed by atoms with Crippen LogP contribution in [-0.4, -0.2) is 62.8 Å². The Morgan fingerprint density at radius 2 is 1.74 bits per heavy atom. The van der Waals surface area contributed by atoms with Gasteiger partial charge in [0, 0.05) is 31.9 Å². The van der Waals surface area contributed by atoms with E-state index < -0.39 is 12.7 Å². The van der Waals surface area contributed by atoms with Gasteiger partial charge in [0.2, 0.25) is 0 Å². The largest absolute Gasteiger partial charge is 0.401 e. The summed E-state index contributed by atoms with van der Waals surface area (Å²) < 4.78 is 37.5. The van der Waals surface area contributed by atoms with E-state index in [2.05, 4.69) is 56.9 Å². The molecule has 0 atom stereocenters. The van der Waals surface area contributed by atoms with E-state index >= 15 is 0 Å². The third-order valence-electron chi connectivity index (χ3n) is 5.84. The second-order valence-electron chi connectivity index (χ2n) is 8.29. The lowest BCUT2D eigenvalue weighted by molar-refractivity contribution is -0.148. The first-order valence-corrected chi connectivity index (χ1v) is 11.2. The average Bonchev–Trinajstić information content (AvgIpc) is 3.27. The molecule has 0 spiro atoms. The third-order valence-corrected chi connectivity index (χ3v) is 5.84. The molecule has 1 aromatic rings. The quantitative estimate of drug-likeness (QED) is 0.369. The maximum Gasteiger partial charge on any atom is 0.401 e. The van der Waals surface area contributed by atoms with Crippen LogP contribution in [0.4, 0.5) is 18.9 Å². The lowest BCUT2D eigenvalue weighted by atomic mass is 9.93. The van der Waals surface area contributed by atoms with Gasteiger partial charge in [-0.1, -0.05) is 24.3 Å². The number of piperidine rings is 1. The third kappa shape index (κ3) is 8.09. The van der Waals surface area contributed by atoms with Crippen molar-refractivity contribution >= 4 is 11.6 Å². The SMILES string of the molecule is CCNC(=NCc1ccc(N2CC=CC2)cc1)NCCC1CCN(CC(F)(F)F)CC1. The molecule has 8 heteroatoms. The Labute approximate surface area is 183 Å². The fourth-order valence-electron chi connectivity index (χ4n) is 4.09. The van der Waals surface area contributed by atoms with Gasteiger partial charge >= 0.3 is 6.18 Å². The molecule has 0 unspecified atom stereocenters. The first kappa shape index (κ1) is 23.4. The van der Waals surface area contributed by atoms with Gasteiger partial charge in [-0.25, -0.2) is 4.99 Å². The Morgan fingerprint density at radius 3 is 2.35 bits per heavy atom. The van der Waals surface area contributed by atoms with Crippen molar-refractivity contribution in [3.05, 3.63) is 42.0 Å². The number of alkyl halides is 3. The van der Waals surface area contributed by atoms with Gasteiger partial charge in [0.25, 0.3) is 0 Å². The summed E-state index contributed by atoms with van der Waals surface area (Å²) >= 11 is 0. The van der Waals surface area contributed by atoms with Crippen LogP contribution in [0.25, 0.3) is 0 Å². The molecule has 0 aromatic heterocycles. The summed E-state index contributed by atoms with van der Waals surface area (Å²) in [6.45, 7) is 6.39. The second kappa shape index (κ2) is 11.4. The molecule has 3 rings (SSSR count). The first-order valence-electron chi connectivity index (χ1n) is 11.2. The summed E-state index contributed by atoms with van der Waals surface area (Å²) in [7, 11) is 0. The number of aliphatic imine (C=N–C) groups is 1. The molecule has 0 aliphatic carbocycles. The summed E-state index contributed by atoms with van der Waals surface area (Å²) in [5.74, 6) is 1.25. The van der Waals surface area contributed by atoms with E-state index in [1.54, 1.807) is 0 Å². The van der Waals surface area contributed by atoms with E-state index in [1.807, 2.05) is 6.92 Å². The van der Waals surface area contributed by atoms with E-state index in [0.29, 0.717) is 25.6 Å². The van der Waals surface area contributed by atoms with Crippen molar-refractivity contribution in [3.63, 3.8) is 0 Å². The van der Waals surface area contributed by atoms with Crippen LogP contribution in [0.5, 0.6) is 0 Å². The molecule has 31 heavy (non-hydrogen) atoms. The molecule has 0 saturated carbocycles. The van der Waals surface area contributed by atoms with E-state index in [4.69, 9.17) is 0 Å². The molecule has 2 aliphatic rings. The molecular formula is C23H34F3N5. The van der Waals surface area contributed by atoms with Crippen molar-refractivity contribution in [2.24, 2.45) is 10.9 Å². The van der Waals surface area contributed by atoms with E-state index in [-0.39, 0.29) is 0 Å². The van der Waals surface area contributed by atoms with Crippen LogP contribution in [0.3, 0.4) is 0 Å². The van der Waals surface area contributed by atoms with Crippen LogP contribution in [0.1, 0.15) is 31.7 Å². The Kier molecular flexibility index (Phi) is 8.63. The van der Waals surface area contributed by atoms with Gasteiger partial charge in [0.1, 0.15) is 0 Å². The van der Waals surface area contributed by atoms with Gasteiger partial charge in [0.05, 0.1) is 13.1 Å². The molecule has 2 N–H and O–H groups in total. The number of likely N-dealkylation sites (tertiary alicyclic amines) is 1. The van der Waals surface area contributed by atoms with Crippen LogP contribution in [-0.2, 0) is 6.54 Å². The van der Waals surface area contributed by atoms with Crippen LogP contribution in [0.15, 0.2) is 41.4 Å². The normalized spacial score (nSPS) is 18.6. The minimum absolute atomic E-state index is 0.465. The fraction of sp³-hybridized carbons (Fsp3) is 0.609. The standard InChI is InChI=1S/C23H34F3N5/c1-2-27-22(28-12-9-19-10-15-30(16-11-19)18-23(24,25)26)29-17-20-5-7-21(8-6-20)31-13-3-4-14-31/h3-8,19H,2,9-18H2,1H3,(H2,27,28,29). The maximum atomic E-state index is 12.5. The highest BCUT2D eigenvalue weighted by atomic mass is 19.4. The second-order valence-corrected chi connectivity index (χ2v) is 8.29. The summed E-state index contributed by atoms with van der Waals surface area (Å²) in [5, 5.41) is 6.64. The highest BCUT2D eigenvalue weighted by Crippen LogP contribution is 2.24. The smallest absolute Gasteiger partial charge is 0.364 e. The predicted molar refractivity (Wildman–Crippen MR) is 120 cm³/mol. The number of hydrogen-bond acceptors (Lipinski definition) is 3. The number of anilines is 1. The van der Waals surface area contributed by atoms with Gasteiger partial charge in [-0.05, 0) is 62.9 Å². The molecule has 1 fully saturated rings. The summed E-state index contributed by atoms with van der Waals surface area (Å²) in [4.78, 5) is 8.51. The number of nitrogens with zero attached hydrogens (tertiary/aromatic N) is 3. The minimum atomic E-state index is -4.10. The zero-order valence-electron chi connectivity index (χ0n) is 18.3. The van der Waals surface area contributed by atoms with Crippen molar-refractivity contribution in [3.8, 4) is 0 Å². The van der Waals surface area contributed by atoms with Crippen LogP contribution in [0.2, 0.25) is 0 Å². The molecule has 1 aromatic carbocycles. The Balaban J connectivity index is 1.40. The maximum absolute atomic E-state index is 12.5. The summed E-state index contributed by atoms with van der Waals surface area (Å²) in [6.07, 6.45) is 2.85. The zero-order valence-corrected chi connectivity index (χ0v) is 18.3. The lowest BCUT2D eigenvalue weighted by Crippen LogP contribution is -2.41. The van der Waals surface area contributed by atoms with Gasteiger partial charge in [0.15, 0.2) is 5.96 Å². The van der Waals surface area contributed by atoms with Crippen molar-refractivity contribution in [2.75, 3.05) is 50.7 Å². The summed E-state index contributed by atoms with van der Waals surface area (Å²) in [5.41, 5.74) is 2.38. The van der Waals surface area contributed by atoms with E-state index in [0.717, 1.165) is 57.0 Å². The number of halogens is 3. The molecule has 0 bridgehead atoms. The summed E-state index contributed by atoms with van der Waals surface area (Å²) in [6, 6.07) is 8.53. The molecular weight excluding hydrogens is 403 g/mol. The van der Waals surface area contributed by atoms with Crippen molar-refractivity contribution in [2.45, 2.75) is 38.9 Å². The van der Waals surface area contributed by atoms with Gasteiger partial charge in [-0.15, -0.1) is 0 Å². The average molecular weight is 438 g/mol. The molecule has 5 nitrogen and oxygen atoms in total. The number of benzene rings is 1. The topological polar surface area (TPSA) is 42.9 Å². The van der Waals surface area contributed by atoms with Gasteiger partial charge < -0.3 is 15.5 Å². The predicted octanol–water partition coefficient (Wildman–Crippen LogP) is 3.78. The molecule has 0 amide bonds. The van der Waals surface area contributed by atoms with E-state index in [1.165, 1.54) is 10.6 Å². The molecule has 172 valence electrons. The highest BCUT2D eigenvalue weighted by molar-refractivity contribution is 5.79. The number of guanidine groups is 1.